The van der Waals surface area contributed by atoms with E-state index >= 15 is 0 Å². The van der Waals surface area contributed by atoms with Crippen molar-refractivity contribution in [2.75, 3.05) is 25.1 Å². The number of nitrogens with zero attached hydrogens (tertiary/aromatic N) is 1. The van der Waals surface area contributed by atoms with E-state index in [9.17, 15) is 5.11 Å². The molecular weight excluding hydrogens is 226 g/mol. The van der Waals surface area contributed by atoms with Gasteiger partial charge in [-0.1, -0.05) is 19.1 Å². The lowest BCUT2D eigenvalue weighted by molar-refractivity contribution is 0.0498. The molecule has 100 valence electrons. The van der Waals surface area contributed by atoms with Crippen molar-refractivity contribution < 1.29 is 9.84 Å². The first kappa shape index (κ1) is 13.4. The van der Waals surface area contributed by atoms with Gasteiger partial charge in [-0.05, 0) is 37.0 Å². The average Bonchev–Trinajstić information content (AvgIpc) is 2.39. The lowest BCUT2D eigenvalue weighted by Crippen LogP contribution is -2.43. The number of piperidine rings is 1. The molecular formula is C15H23NO2. The molecule has 1 aromatic carbocycles. The summed E-state index contributed by atoms with van der Waals surface area (Å²) in [6.45, 7) is 6.07. The molecule has 0 saturated carbocycles. The fourth-order valence-electron chi connectivity index (χ4n) is 2.54. The van der Waals surface area contributed by atoms with Gasteiger partial charge in [0.15, 0.2) is 0 Å². The second-order valence-electron chi connectivity index (χ2n) is 5.25. The molecule has 1 aromatic rings. The Kier molecular flexibility index (Phi) is 4.25. The summed E-state index contributed by atoms with van der Waals surface area (Å²) in [5.41, 5.74) is 2.18. The van der Waals surface area contributed by atoms with Gasteiger partial charge in [0.1, 0.15) is 0 Å². The molecule has 2 rings (SSSR count). The summed E-state index contributed by atoms with van der Waals surface area (Å²) in [4.78, 5) is 2.36. The first-order valence-corrected chi connectivity index (χ1v) is 6.67. The first-order chi connectivity index (χ1) is 8.61. The van der Waals surface area contributed by atoms with Gasteiger partial charge < -0.3 is 14.7 Å². The number of rotatable bonds is 3. The number of aliphatic hydroxyl groups excluding tert-OH is 1. The van der Waals surface area contributed by atoms with Crippen LogP contribution in [0.15, 0.2) is 24.3 Å². The highest BCUT2D eigenvalue weighted by Crippen LogP contribution is 2.25. The SMILES string of the molecule is COC1CN(c2ccc([C@H](C)O)cc2)CCC1C. The molecule has 18 heavy (non-hydrogen) atoms. The van der Waals surface area contributed by atoms with Crippen LogP contribution in [0.5, 0.6) is 0 Å². The van der Waals surface area contributed by atoms with Crippen LogP contribution in [0.2, 0.25) is 0 Å². The molecule has 1 saturated heterocycles. The van der Waals surface area contributed by atoms with Crippen LogP contribution < -0.4 is 4.90 Å². The Bertz CT molecular complexity index is 375. The molecule has 0 aromatic heterocycles. The Balaban J connectivity index is 2.07. The molecule has 1 heterocycles. The van der Waals surface area contributed by atoms with Crippen LogP contribution in [0, 0.1) is 5.92 Å². The zero-order valence-electron chi connectivity index (χ0n) is 11.5. The highest BCUT2D eigenvalue weighted by molar-refractivity contribution is 5.48. The normalized spacial score (nSPS) is 26.1. The quantitative estimate of drug-likeness (QED) is 0.893. The third kappa shape index (κ3) is 2.85. The molecule has 2 unspecified atom stereocenters. The molecule has 3 nitrogen and oxygen atoms in total. The third-order valence-electron chi connectivity index (χ3n) is 3.93. The molecule has 0 amide bonds. The number of methoxy groups -OCH3 is 1. The second kappa shape index (κ2) is 5.72. The van der Waals surface area contributed by atoms with Gasteiger partial charge in [-0.15, -0.1) is 0 Å². The molecule has 0 radical (unpaired) electrons. The van der Waals surface area contributed by atoms with Crippen molar-refractivity contribution in [1.29, 1.82) is 0 Å². The van der Waals surface area contributed by atoms with Crippen LogP contribution >= 0.6 is 0 Å². The monoisotopic (exact) mass is 249 g/mol. The minimum Gasteiger partial charge on any atom is -0.389 e. The van der Waals surface area contributed by atoms with Gasteiger partial charge in [0.2, 0.25) is 0 Å². The molecule has 1 N–H and O–H groups in total. The van der Waals surface area contributed by atoms with Crippen LogP contribution in [-0.4, -0.2) is 31.4 Å². The minimum atomic E-state index is -0.396. The summed E-state index contributed by atoms with van der Waals surface area (Å²) < 4.78 is 5.54. The van der Waals surface area contributed by atoms with E-state index in [1.165, 1.54) is 5.69 Å². The Labute approximate surface area is 109 Å². The van der Waals surface area contributed by atoms with E-state index in [4.69, 9.17) is 4.74 Å². The molecule has 1 aliphatic rings. The van der Waals surface area contributed by atoms with Crippen molar-refractivity contribution in [1.82, 2.24) is 0 Å². The van der Waals surface area contributed by atoms with Gasteiger partial charge in [-0.3, -0.25) is 0 Å². The van der Waals surface area contributed by atoms with E-state index in [0.29, 0.717) is 12.0 Å². The van der Waals surface area contributed by atoms with Gasteiger partial charge in [-0.25, -0.2) is 0 Å². The van der Waals surface area contributed by atoms with E-state index in [1.807, 2.05) is 12.1 Å². The maximum atomic E-state index is 9.51. The fourth-order valence-corrected chi connectivity index (χ4v) is 2.54. The van der Waals surface area contributed by atoms with E-state index in [0.717, 1.165) is 25.1 Å². The standard InChI is InChI=1S/C15H23NO2/c1-11-8-9-16(10-15(11)18-3)14-6-4-13(5-7-14)12(2)17/h4-7,11-12,15,17H,8-10H2,1-3H3/t11?,12-,15?/m0/s1. The van der Waals surface area contributed by atoms with Gasteiger partial charge in [0, 0.05) is 25.9 Å². The van der Waals surface area contributed by atoms with Gasteiger partial charge in [0.25, 0.3) is 0 Å². The molecule has 0 aliphatic carbocycles. The minimum absolute atomic E-state index is 0.315. The largest absolute Gasteiger partial charge is 0.389 e. The zero-order chi connectivity index (χ0) is 13.1. The summed E-state index contributed by atoms with van der Waals surface area (Å²) in [5.74, 6) is 0.628. The third-order valence-corrected chi connectivity index (χ3v) is 3.93. The molecule has 0 spiro atoms. The Hall–Kier alpha value is -1.06. The first-order valence-electron chi connectivity index (χ1n) is 6.67. The summed E-state index contributed by atoms with van der Waals surface area (Å²) in [6, 6.07) is 8.18. The maximum Gasteiger partial charge on any atom is 0.0772 e. The van der Waals surface area contributed by atoms with Crippen molar-refractivity contribution in [3.05, 3.63) is 29.8 Å². The fraction of sp³-hybridized carbons (Fsp3) is 0.600. The van der Waals surface area contributed by atoms with Gasteiger partial charge in [0.05, 0.1) is 12.2 Å². The van der Waals surface area contributed by atoms with Crippen LogP contribution in [-0.2, 0) is 4.74 Å². The smallest absolute Gasteiger partial charge is 0.0772 e. The summed E-state index contributed by atoms with van der Waals surface area (Å²) in [7, 11) is 1.79. The van der Waals surface area contributed by atoms with Gasteiger partial charge in [-0.2, -0.15) is 0 Å². The van der Waals surface area contributed by atoms with Crippen molar-refractivity contribution in [2.45, 2.75) is 32.5 Å². The lowest BCUT2D eigenvalue weighted by atomic mass is 9.95. The molecule has 3 atom stereocenters. The summed E-state index contributed by atoms with van der Waals surface area (Å²) in [5, 5.41) is 9.51. The maximum absolute atomic E-state index is 9.51. The zero-order valence-corrected chi connectivity index (χ0v) is 11.5. The Morgan fingerprint density at radius 1 is 1.33 bits per heavy atom. The van der Waals surface area contributed by atoms with E-state index in [1.54, 1.807) is 14.0 Å². The highest BCUT2D eigenvalue weighted by Gasteiger charge is 2.26. The number of hydrogen-bond donors (Lipinski definition) is 1. The summed E-state index contributed by atoms with van der Waals surface area (Å²) >= 11 is 0. The number of hydrogen-bond acceptors (Lipinski definition) is 3. The molecule has 1 aliphatic heterocycles. The molecule has 0 bridgehead atoms. The van der Waals surface area contributed by atoms with Crippen LogP contribution in [0.25, 0.3) is 0 Å². The van der Waals surface area contributed by atoms with E-state index in [2.05, 4.69) is 24.0 Å². The number of benzene rings is 1. The number of anilines is 1. The van der Waals surface area contributed by atoms with E-state index < -0.39 is 6.10 Å². The lowest BCUT2D eigenvalue weighted by Gasteiger charge is -2.37. The van der Waals surface area contributed by atoms with Crippen LogP contribution in [0.1, 0.15) is 31.9 Å². The molecule has 1 fully saturated rings. The number of aliphatic hydroxyl groups is 1. The predicted molar refractivity (Wildman–Crippen MR) is 73.9 cm³/mol. The predicted octanol–water partition coefficient (Wildman–Crippen LogP) is 2.60. The van der Waals surface area contributed by atoms with E-state index in [-0.39, 0.29) is 0 Å². The van der Waals surface area contributed by atoms with Crippen molar-refractivity contribution >= 4 is 5.69 Å². The summed E-state index contributed by atoms with van der Waals surface area (Å²) in [6.07, 6.45) is 1.08. The molecule has 3 heteroatoms. The van der Waals surface area contributed by atoms with Crippen molar-refractivity contribution in [3.8, 4) is 0 Å². The Morgan fingerprint density at radius 3 is 2.56 bits per heavy atom. The Morgan fingerprint density at radius 2 is 2.00 bits per heavy atom. The van der Waals surface area contributed by atoms with Crippen molar-refractivity contribution in [2.24, 2.45) is 5.92 Å². The topological polar surface area (TPSA) is 32.7 Å². The number of ether oxygens (including phenoxy) is 1. The average molecular weight is 249 g/mol. The van der Waals surface area contributed by atoms with Crippen LogP contribution in [0.4, 0.5) is 5.69 Å². The second-order valence-corrected chi connectivity index (χ2v) is 5.25. The van der Waals surface area contributed by atoms with Gasteiger partial charge >= 0.3 is 0 Å². The highest BCUT2D eigenvalue weighted by atomic mass is 16.5. The van der Waals surface area contributed by atoms with Crippen molar-refractivity contribution in [3.63, 3.8) is 0 Å². The van der Waals surface area contributed by atoms with Crippen LogP contribution in [0.3, 0.4) is 0 Å².